The first-order chi connectivity index (χ1) is 10.3. The Hall–Kier alpha value is -1.88. The molecule has 5 heteroatoms. The lowest BCUT2D eigenvalue weighted by Gasteiger charge is -2.15. The largest absolute Gasteiger partial charge is 0.467 e. The minimum absolute atomic E-state index is 0.0947. The molecule has 21 heavy (non-hydrogen) atoms. The number of fused-ring (bicyclic) bond motifs is 3. The van der Waals surface area contributed by atoms with Crippen LogP contribution in [0.4, 0.5) is 5.82 Å². The summed E-state index contributed by atoms with van der Waals surface area (Å²) in [5.41, 5.74) is 1.45. The van der Waals surface area contributed by atoms with Crippen molar-refractivity contribution in [2.45, 2.75) is 38.6 Å². The Morgan fingerprint density at radius 2 is 2.19 bits per heavy atom. The molecule has 0 spiro atoms. The average molecular weight is 299 g/mol. The van der Waals surface area contributed by atoms with Gasteiger partial charge in [0.2, 0.25) is 0 Å². The summed E-state index contributed by atoms with van der Waals surface area (Å²) in [4.78, 5) is 11.5. The van der Waals surface area contributed by atoms with Gasteiger partial charge in [0.15, 0.2) is 0 Å². The van der Waals surface area contributed by atoms with Crippen molar-refractivity contribution >= 4 is 27.4 Å². The molecule has 3 aromatic heterocycles. The Morgan fingerprint density at radius 1 is 1.29 bits per heavy atom. The van der Waals surface area contributed by atoms with Crippen LogP contribution in [0.15, 0.2) is 29.1 Å². The summed E-state index contributed by atoms with van der Waals surface area (Å²) >= 11 is 1.82. The van der Waals surface area contributed by atoms with Gasteiger partial charge in [0.1, 0.15) is 22.7 Å². The van der Waals surface area contributed by atoms with Gasteiger partial charge in [-0.15, -0.1) is 11.3 Å². The number of thiophene rings is 1. The summed E-state index contributed by atoms with van der Waals surface area (Å²) in [6.07, 6.45) is 8.24. The van der Waals surface area contributed by atoms with Gasteiger partial charge in [-0.05, 0) is 50.3 Å². The van der Waals surface area contributed by atoms with Crippen LogP contribution < -0.4 is 5.32 Å². The van der Waals surface area contributed by atoms with Crippen LogP contribution in [0, 0.1) is 0 Å². The van der Waals surface area contributed by atoms with E-state index in [4.69, 9.17) is 4.42 Å². The fourth-order valence-electron chi connectivity index (χ4n) is 3.01. The van der Waals surface area contributed by atoms with E-state index in [0.717, 1.165) is 22.8 Å². The second-order valence-corrected chi connectivity index (χ2v) is 6.58. The fourth-order valence-corrected chi connectivity index (χ4v) is 4.24. The molecule has 1 atom stereocenters. The summed E-state index contributed by atoms with van der Waals surface area (Å²) in [5.74, 6) is 1.86. The van der Waals surface area contributed by atoms with Crippen molar-refractivity contribution in [3.05, 3.63) is 40.9 Å². The van der Waals surface area contributed by atoms with E-state index in [-0.39, 0.29) is 6.04 Å². The maximum Gasteiger partial charge on any atom is 0.139 e. The molecule has 1 N–H and O–H groups in total. The van der Waals surface area contributed by atoms with Crippen LogP contribution >= 0.6 is 11.3 Å². The molecule has 1 aliphatic carbocycles. The Balaban J connectivity index is 1.76. The van der Waals surface area contributed by atoms with E-state index < -0.39 is 0 Å². The van der Waals surface area contributed by atoms with Gasteiger partial charge in [0.25, 0.3) is 0 Å². The Labute approximate surface area is 127 Å². The first kappa shape index (κ1) is 12.8. The van der Waals surface area contributed by atoms with Gasteiger partial charge in [-0.1, -0.05) is 0 Å². The number of hydrogen-bond acceptors (Lipinski definition) is 5. The lowest BCUT2D eigenvalue weighted by molar-refractivity contribution is 0.490. The van der Waals surface area contributed by atoms with Gasteiger partial charge in [0.05, 0.1) is 17.7 Å². The van der Waals surface area contributed by atoms with Gasteiger partial charge in [0, 0.05) is 4.88 Å². The zero-order valence-electron chi connectivity index (χ0n) is 11.9. The number of anilines is 1. The minimum atomic E-state index is 0.0947. The van der Waals surface area contributed by atoms with Gasteiger partial charge in [-0.2, -0.15) is 0 Å². The van der Waals surface area contributed by atoms with E-state index >= 15 is 0 Å². The van der Waals surface area contributed by atoms with E-state index in [1.807, 2.05) is 23.5 Å². The predicted molar refractivity (Wildman–Crippen MR) is 84.8 cm³/mol. The van der Waals surface area contributed by atoms with Crippen LogP contribution in [0.3, 0.4) is 0 Å². The molecule has 3 aromatic rings. The first-order valence-electron chi connectivity index (χ1n) is 7.38. The molecule has 0 fully saturated rings. The Kier molecular flexibility index (Phi) is 3.15. The molecule has 0 unspecified atom stereocenters. The lowest BCUT2D eigenvalue weighted by Crippen LogP contribution is -2.08. The van der Waals surface area contributed by atoms with Crippen LogP contribution in [0.1, 0.15) is 42.0 Å². The maximum absolute atomic E-state index is 5.47. The minimum Gasteiger partial charge on any atom is -0.467 e. The second kappa shape index (κ2) is 5.15. The summed E-state index contributed by atoms with van der Waals surface area (Å²) in [6, 6.07) is 3.99. The van der Waals surface area contributed by atoms with Crippen molar-refractivity contribution in [2.24, 2.45) is 0 Å². The number of rotatable bonds is 3. The van der Waals surface area contributed by atoms with E-state index in [9.17, 15) is 0 Å². The second-order valence-electron chi connectivity index (χ2n) is 5.49. The molecular weight excluding hydrogens is 282 g/mol. The van der Waals surface area contributed by atoms with Crippen molar-refractivity contribution in [1.82, 2.24) is 9.97 Å². The van der Waals surface area contributed by atoms with Gasteiger partial charge < -0.3 is 9.73 Å². The number of nitrogens with one attached hydrogen (secondary N) is 1. The van der Waals surface area contributed by atoms with Gasteiger partial charge in [-0.25, -0.2) is 9.97 Å². The zero-order valence-corrected chi connectivity index (χ0v) is 12.7. The van der Waals surface area contributed by atoms with E-state index in [2.05, 4.69) is 22.2 Å². The normalized spacial score (nSPS) is 15.9. The summed E-state index contributed by atoms with van der Waals surface area (Å²) in [7, 11) is 0. The highest BCUT2D eigenvalue weighted by molar-refractivity contribution is 7.19. The fraction of sp³-hybridized carbons (Fsp3) is 0.375. The molecule has 0 aromatic carbocycles. The van der Waals surface area contributed by atoms with Crippen LogP contribution in [-0.2, 0) is 12.8 Å². The first-order valence-corrected chi connectivity index (χ1v) is 8.20. The van der Waals surface area contributed by atoms with Crippen LogP contribution in [0.25, 0.3) is 10.2 Å². The monoisotopic (exact) mass is 299 g/mol. The highest BCUT2D eigenvalue weighted by atomic mass is 32.1. The molecular formula is C16H17N3OS. The maximum atomic E-state index is 5.47. The molecule has 0 aliphatic heterocycles. The van der Waals surface area contributed by atoms with E-state index in [1.165, 1.54) is 35.1 Å². The average Bonchev–Trinajstić information content (AvgIpc) is 3.15. The van der Waals surface area contributed by atoms with Crippen LogP contribution in [0.2, 0.25) is 0 Å². The number of aromatic nitrogens is 2. The summed E-state index contributed by atoms with van der Waals surface area (Å²) < 4.78 is 5.47. The number of nitrogens with zero attached hydrogens (tertiary/aromatic N) is 2. The highest BCUT2D eigenvalue weighted by Crippen LogP contribution is 2.38. The van der Waals surface area contributed by atoms with Crippen molar-refractivity contribution in [3.8, 4) is 0 Å². The van der Waals surface area contributed by atoms with Crippen molar-refractivity contribution in [3.63, 3.8) is 0 Å². The number of aryl methyl sites for hydroxylation is 2. The molecule has 0 bridgehead atoms. The Bertz CT molecular complexity index is 763. The van der Waals surface area contributed by atoms with E-state index in [1.54, 1.807) is 12.6 Å². The molecule has 3 heterocycles. The molecule has 0 amide bonds. The number of hydrogen-bond donors (Lipinski definition) is 1. The third kappa shape index (κ3) is 2.21. The van der Waals surface area contributed by atoms with Crippen molar-refractivity contribution in [1.29, 1.82) is 0 Å². The van der Waals surface area contributed by atoms with Crippen LogP contribution in [-0.4, -0.2) is 9.97 Å². The zero-order chi connectivity index (χ0) is 14.2. The van der Waals surface area contributed by atoms with Gasteiger partial charge in [-0.3, -0.25) is 0 Å². The summed E-state index contributed by atoms with van der Waals surface area (Å²) in [5, 5.41) is 4.70. The SMILES string of the molecule is C[C@@H](Nc1ncnc2sc3c(c12)CCCC3)c1ccco1. The molecule has 4 nitrogen and oxygen atoms in total. The molecule has 0 saturated heterocycles. The standard InChI is InChI=1S/C16H17N3OS/c1-10(12-6-4-8-20-12)19-15-14-11-5-2-3-7-13(11)21-16(14)18-9-17-15/h4,6,8-10H,2-3,5,7H2,1H3,(H,17,18,19)/t10-/m1/s1. The molecule has 1 aliphatic rings. The van der Waals surface area contributed by atoms with Crippen LogP contribution in [0.5, 0.6) is 0 Å². The quantitative estimate of drug-likeness (QED) is 0.781. The number of furan rings is 1. The third-order valence-corrected chi connectivity index (χ3v) is 5.27. The lowest BCUT2D eigenvalue weighted by atomic mass is 9.97. The highest BCUT2D eigenvalue weighted by Gasteiger charge is 2.21. The molecule has 0 radical (unpaired) electrons. The summed E-state index contributed by atoms with van der Waals surface area (Å²) in [6.45, 7) is 2.09. The molecule has 4 rings (SSSR count). The van der Waals surface area contributed by atoms with Gasteiger partial charge >= 0.3 is 0 Å². The van der Waals surface area contributed by atoms with Crippen molar-refractivity contribution < 1.29 is 4.42 Å². The Morgan fingerprint density at radius 3 is 3.05 bits per heavy atom. The predicted octanol–water partition coefficient (Wildman–Crippen LogP) is 4.34. The molecule has 0 saturated carbocycles. The topological polar surface area (TPSA) is 51.0 Å². The molecule has 108 valence electrons. The van der Waals surface area contributed by atoms with E-state index in [0.29, 0.717) is 0 Å². The third-order valence-electron chi connectivity index (χ3n) is 4.07. The van der Waals surface area contributed by atoms with Crippen molar-refractivity contribution in [2.75, 3.05) is 5.32 Å². The smallest absolute Gasteiger partial charge is 0.139 e.